The number of carbonyl (C=O) groups is 2. The van der Waals surface area contributed by atoms with E-state index in [0.29, 0.717) is 10.6 Å². The summed E-state index contributed by atoms with van der Waals surface area (Å²) in [6, 6.07) is 13.8. The van der Waals surface area contributed by atoms with E-state index in [9.17, 15) is 9.59 Å². The van der Waals surface area contributed by atoms with Gasteiger partial charge in [-0.05, 0) is 61.4 Å². The lowest BCUT2D eigenvalue weighted by Gasteiger charge is -2.11. The highest BCUT2D eigenvalue weighted by atomic mass is 35.5. The number of hydrogen-bond acceptors (Lipinski definition) is 3. The van der Waals surface area contributed by atoms with Crippen molar-refractivity contribution in [2.75, 3.05) is 7.11 Å². The van der Waals surface area contributed by atoms with Gasteiger partial charge in [0.15, 0.2) is 5.78 Å². The molecule has 1 N–H and O–H groups in total. The molecular formula is C28H34ClNO4. The second kappa shape index (κ2) is 12.1. The molecule has 1 heterocycles. The van der Waals surface area contributed by atoms with Gasteiger partial charge in [0.2, 0.25) is 0 Å². The Hall–Kier alpha value is -2.79. The first kappa shape index (κ1) is 25.8. The molecule has 0 fully saturated rings. The highest BCUT2D eigenvalue weighted by Gasteiger charge is 2.23. The number of aromatic nitrogens is 1. The first-order valence-electron chi connectivity index (χ1n) is 12.0. The van der Waals surface area contributed by atoms with Gasteiger partial charge in [-0.2, -0.15) is 0 Å². The molecule has 1 aromatic heterocycles. The predicted octanol–water partition coefficient (Wildman–Crippen LogP) is 6.87. The fraction of sp³-hybridized carbons (Fsp3) is 0.429. The summed E-state index contributed by atoms with van der Waals surface area (Å²) in [7, 11) is 3.70. The Morgan fingerprint density at radius 3 is 2.44 bits per heavy atom. The van der Waals surface area contributed by atoms with Crippen LogP contribution in [-0.4, -0.2) is 28.5 Å². The number of aryl methyl sites for hydroxylation is 2. The molecule has 0 unspecified atom stereocenters. The molecule has 0 aliphatic heterocycles. The minimum absolute atomic E-state index is 0.00668. The third-order valence-corrected chi connectivity index (χ3v) is 6.66. The van der Waals surface area contributed by atoms with E-state index in [1.807, 2.05) is 50.4 Å². The van der Waals surface area contributed by atoms with Gasteiger partial charge in [-0.25, -0.2) is 0 Å². The number of carboxylic acids is 1. The maximum atomic E-state index is 13.3. The number of ketones is 1. The number of benzene rings is 2. The standard InChI is InChI=1S/C28H34ClNO4/c1-19(17-27(32)33)16-25(31)28-22-18-21(29)14-15-23(22)30(2)24(28)12-7-5-4-6-10-20-11-8-9-13-26(20)34-3/h8-9,11,13-15,18-19H,4-7,10,12,16-17H2,1-3H3,(H,32,33)/t19-/m1/s1. The summed E-state index contributed by atoms with van der Waals surface area (Å²) in [4.78, 5) is 24.4. The molecule has 0 aliphatic carbocycles. The van der Waals surface area contributed by atoms with Gasteiger partial charge in [0.05, 0.1) is 7.11 Å². The van der Waals surface area contributed by atoms with E-state index in [1.165, 1.54) is 5.56 Å². The maximum Gasteiger partial charge on any atom is 0.303 e. The summed E-state index contributed by atoms with van der Waals surface area (Å²) >= 11 is 6.26. The molecule has 3 rings (SSSR count). The van der Waals surface area contributed by atoms with Crippen LogP contribution < -0.4 is 4.74 Å². The molecule has 0 saturated carbocycles. The van der Waals surface area contributed by atoms with E-state index in [0.717, 1.165) is 60.9 Å². The molecule has 182 valence electrons. The molecule has 0 aliphatic rings. The number of Topliss-reactive ketones (excluding diaryl/α,β-unsaturated/α-hetero) is 1. The van der Waals surface area contributed by atoms with Gasteiger partial charge in [-0.15, -0.1) is 0 Å². The molecule has 34 heavy (non-hydrogen) atoms. The Balaban J connectivity index is 1.67. The van der Waals surface area contributed by atoms with Crippen molar-refractivity contribution in [1.29, 1.82) is 0 Å². The Labute approximate surface area is 206 Å². The quantitative estimate of drug-likeness (QED) is 0.213. The van der Waals surface area contributed by atoms with Crippen molar-refractivity contribution in [2.45, 2.75) is 58.3 Å². The van der Waals surface area contributed by atoms with Crippen molar-refractivity contribution < 1.29 is 19.4 Å². The lowest BCUT2D eigenvalue weighted by molar-refractivity contribution is -0.137. The summed E-state index contributed by atoms with van der Waals surface area (Å²) in [5, 5.41) is 10.5. The highest BCUT2D eigenvalue weighted by Crippen LogP contribution is 2.31. The van der Waals surface area contributed by atoms with Gasteiger partial charge in [0, 0.05) is 47.1 Å². The lowest BCUT2D eigenvalue weighted by atomic mass is 9.94. The van der Waals surface area contributed by atoms with Crippen LogP contribution in [0.5, 0.6) is 5.75 Å². The first-order chi connectivity index (χ1) is 16.3. The summed E-state index contributed by atoms with van der Waals surface area (Å²) < 4.78 is 7.53. The molecule has 0 bridgehead atoms. The Morgan fingerprint density at radius 1 is 1.03 bits per heavy atom. The minimum Gasteiger partial charge on any atom is -0.496 e. The maximum absolute atomic E-state index is 13.3. The van der Waals surface area contributed by atoms with Crippen LogP contribution in [0.2, 0.25) is 5.02 Å². The number of unbranched alkanes of at least 4 members (excludes halogenated alkanes) is 3. The van der Waals surface area contributed by atoms with Crippen LogP contribution in [0.1, 0.15) is 67.1 Å². The monoisotopic (exact) mass is 483 g/mol. The molecular weight excluding hydrogens is 450 g/mol. The fourth-order valence-corrected chi connectivity index (χ4v) is 4.91. The Bertz CT molecular complexity index is 1150. The molecule has 0 spiro atoms. The second-order valence-corrected chi connectivity index (χ2v) is 9.54. The SMILES string of the molecule is COc1ccccc1CCCCCCc1c(C(=O)C[C@@H](C)CC(=O)O)c2cc(Cl)ccc2n1C. The molecule has 2 aromatic carbocycles. The van der Waals surface area contributed by atoms with Gasteiger partial charge >= 0.3 is 5.97 Å². The van der Waals surface area contributed by atoms with E-state index >= 15 is 0 Å². The van der Waals surface area contributed by atoms with Gasteiger partial charge in [0.1, 0.15) is 5.75 Å². The summed E-state index contributed by atoms with van der Waals surface area (Å²) in [6.07, 6.45) is 6.22. The normalized spacial score (nSPS) is 12.1. The number of carbonyl (C=O) groups excluding carboxylic acids is 1. The Kier molecular flexibility index (Phi) is 9.17. The van der Waals surface area contributed by atoms with E-state index in [2.05, 4.69) is 10.6 Å². The summed E-state index contributed by atoms with van der Waals surface area (Å²) in [6.45, 7) is 1.81. The van der Waals surface area contributed by atoms with Gasteiger partial charge in [-0.3, -0.25) is 9.59 Å². The molecule has 5 nitrogen and oxygen atoms in total. The molecule has 1 atom stereocenters. The largest absolute Gasteiger partial charge is 0.496 e. The van der Waals surface area contributed by atoms with Crippen molar-refractivity contribution >= 4 is 34.3 Å². The number of fused-ring (bicyclic) bond motifs is 1. The molecule has 0 amide bonds. The zero-order valence-electron chi connectivity index (χ0n) is 20.3. The zero-order chi connectivity index (χ0) is 24.7. The van der Waals surface area contributed by atoms with Crippen molar-refractivity contribution in [3.05, 3.63) is 64.3 Å². The summed E-state index contributed by atoms with van der Waals surface area (Å²) in [5.41, 5.74) is 3.92. The van der Waals surface area contributed by atoms with Gasteiger partial charge in [0.25, 0.3) is 0 Å². The van der Waals surface area contributed by atoms with E-state index in [4.69, 9.17) is 21.4 Å². The second-order valence-electron chi connectivity index (χ2n) is 9.10. The van der Waals surface area contributed by atoms with Gasteiger partial charge in [-0.1, -0.05) is 49.6 Å². The minimum atomic E-state index is -0.880. The van der Waals surface area contributed by atoms with E-state index < -0.39 is 5.97 Å². The number of rotatable bonds is 13. The number of para-hydroxylation sites is 1. The highest BCUT2D eigenvalue weighted by molar-refractivity contribution is 6.31. The van der Waals surface area contributed by atoms with Crippen molar-refractivity contribution in [3.63, 3.8) is 0 Å². The number of nitrogens with zero attached hydrogens (tertiary/aromatic N) is 1. The zero-order valence-corrected chi connectivity index (χ0v) is 21.0. The number of halogens is 1. The third kappa shape index (κ3) is 6.41. The van der Waals surface area contributed by atoms with Crippen LogP contribution in [0.15, 0.2) is 42.5 Å². The number of aliphatic carboxylic acids is 1. The number of hydrogen-bond donors (Lipinski definition) is 1. The lowest BCUT2D eigenvalue weighted by Crippen LogP contribution is -2.12. The molecule has 6 heteroatoms. The van der Waals surface area contributed by atoms with Crippen LogP contribution in [0.3, 0.4) is 0 Å². The number of ether oxygens (including phenoxy) is 1. The van der Waals surface area contributed by atoms with Crippen LogP contribution >= 0.6 is 11.6 Å². The molecule has 0 radical (unpaired) electrons. The Morgan fingerprint density at radius 2 is 1.74 bits per heavy atom. The van der Waals surface area contributed by atoms with Crippen molar-refractivity contribution in [2.24, 2.45) is 13.0 Å². The average molecular weight is 484 g/mol. The topological polar surface area (TPSA) is 68.5 Å². The third-order valence-electron chi connectivity index (χ3n) is 6.42. The van der Waals surface area contributed by atoms with Crippen LogP contribution in [0.4, 0.5) is 0 Å². The fourth-order valence-electron chi connectivity index (χ4n) is 4.73. The van der Waals surface area contributed by atoms with E-state index in [-0.39, 0.29) is 24.5 Å². The number of carboxylic acid groups (broad SMARTS) is 1. The van der Waals surface area contributed by atoms with Gasteiger partial charge < -0.3 is 14.4 Å². The predicted molar refractivity (Wildman–Crippen MR) is 137 cm³/mol. The number of methoxy groups -OCH3 is 1. The van der Waals surface area contributed by atoms with Crippen LogP contribution in [0.25, 0.3) is 10.9 Å². The van der Waals surface area contributed by atoms with E-state index in [1.54, 1.807) is 7.11 Å². The van der Waals surface area contributed by atoms with Crippen LogP contribution in [0, 0.1) is 5.92 Å². The summed E-state index contributed by atoms with van der Waals surface area (Å²) in [5.74, 6) is -0.165. The first-order valence-corrected chi connectivity index (χ1v) is 12.3. The molecule has 0 saturated heterocycles. The van der Waals surface area contributed by atoms with Crippen molar-refractivity contribution in [3.8, 4) is 5.75 Å². The van der Waals surface area contributed by atoms with Crippen LogP contribution in [-0.2, 0) is 24.7 Å². The molecule has 3 aromatic rings. The van der Waals surface area contributed by atoms with Crippen molar-refractivity contribution in [1.82, 2.24) is 4.57 Å². The smallest absolute Gasteiger partial charge is 0.303 e. The average Bonchev–Trinajstić information content (AvgIpc) is 3.06.